The van der Waals surface area contributed by atoms with Gasteiger partial charge in [0.25, 0.3) is 0 Å². The predicted octanol–water partition coefficient (Wildman–Crippen LogP) is 3.18. The summed E-state index contributed by atoms with van der Waals surface area (Å²) < 4.78 is 5.44. The van der Waals surface area contributed by atoms with Crippen molar-refractivity contribution in [1.82, 2.24) is 4.98 Å². The number of hydrogen-bond donors (Lipinski definition) is 1. The number of carboxylic acids is 1. The number of hydrogen-bond acceptors (Lipinski definition) is 4. The lowest BCUT2D eigenvalue weighted by atomic mass is 10.2. The molecule has 2 heterocycles. The van der Waals surface area contributed by atoms with Gasteiger partial charge in [0.15, 0.2) is 0 Å². The van der Waals surface area contributed by atoms with Crippen LogP contribution in [0, 0.1) is 0 Å². The van der Waals surface area contributed by atoms with Gasteiger partial charge in [-0.3, -0.25) is 4.79 Å². The Labute approximate surface area is 107 Å². The lowest BCUT2D eigenvalue weighted by Gasteiger charge is -1.91. The molecule has 5 heteroatoms. The van der Waals surface area contributed by atoms with Crippen molar-refractivity contribution in [1.29, 1.82) is 0 Å². The normalized spacial score (nSPS) is 10.9. The molecule has 0 spiro atoms. The molecule has 0 radical (unpaired) electrons. The first-order chi connectivity index (χ1) is 8.74. The van der Waals surface area contributed by atoms with E-state index in [0.29, 0.717) is 5.69 Å². The lowest BCUT2D eigenvalue weighted by molar-refractivity contribution is -0.136. The maximum atomic E-state index is 10.6. The van der Waals surface area contributed by atoms with Crippen molar-refractivity contribution < 1.29 is 14.3 Å². The monoisotopic (exact) mass is 259 g/mol. The fourth-order valence-corrected chi connectivity index (χ4v) is 2.65. The third-order valence-corrected chi connectivity index (χ3v) is 3.52. The molecular formula is C13H9NO3S. The Morgan fingerprint density at radius 3 is 3.06 bits per heavy atom. The molecule has 0 unspecified atom stereocenters. The molecule has 0 atom stereocenters. The van der Waals surface area contributed by atoms with Crippen LogP contribution in [-0.2, 0) is 11.2 Å². The van der Waals surface area contributed by atoms with E-state index in [4.69, 9.17) is 9.52 Å². The van der Waals surface area contributed by atoms with Gasteiger partial charge in [-0.1, -0.05) is 18.2 Å². The molecule has 0 bridgehead atoms. The summed E-state index contributed by atoms with van der Waals surface area (Å²) in [6.45, 7) is 0. The van der Waals surface area contributed by atoms with Crippen LogP contribution in [-0.4, -0.2) is 16.1 Å². The maximum Gasteiger partial charge on any atom is 0.309 e. The van der Waals surface area contributed by atoms with E-state index in [-0.39, 0.29) is 6.42 Å². The molecule has 18 heavy (non-hydrogen) atoms. The van der Waals surface area contributed by atoms with Crippen LogP contribution in [0.1, 0.15) is 5.69 Å². The Bertz CT molecular complexity index is 714. The van der Waals surface area contributed by atoms with Gasteiger partial charge >= 0.3 is 5.97 Å². The molecule has 2 aromatic heterocycles. The zero-order chi connectivity index (χ0) is 12.5. The Morgan fingerprint density at radius 2 is 2.22 bits per heavy atom. The first kappa shape index (κ1) is 11.0. The number of benzene rings is 1. The van der Waals surface area contributed by atoms with Crippen LogP contribution >= 0.6 is 11.3 Å². The third kappa shape index (κ3) is 1.89. The van der Waals surface area contributed by atoms with E-state index in [1.54, 1.807) is 11.6 Å². The minimum atomic E-state index is -0.871. The number of furan rings is 1. The molecule has 0 aliphatic heterocycles. The van der Waals surface area contributed by atoms with E-state index in [2.05, 4.69) is 4.98 Å². The number of aromatic nitrogens is 1. The van der Waals surface area contributed by atoms with Gasteiger partial charge in [-0.05, 0) is 6.07 Å². The minimum Gasteiger partial charge on any atom is -0.481 e. The average Bonchev–Trinajstić information content (AvgIpc) is 2.94. The molecule has 3 aromatic rings. The van der Waals surface area contributed by atoms with E-state index in [0.717, 1.165) is 21.5 Å². The van der Waals surface area contributed by atoms with Crippen LogP contribution < -0.4 is 0 Å². The van der Waals surface area contributed by atoms with Crippen LogP contribution in [0.4, 0.5) is 0 Å². The molecule has 0 amide bonds. The Hall–Kier alpha value is -2.14. The molecule has 0 saturated heterocycles. The van der Waals surface area contributed by atoms with Gasteiger partial charge in [-0.15, -0.1) is 11.3 Å². The van der Waals surface area contributed by atoms with Crippen molar-refractivity contribution in [2.75, 3.05) is 0 Å². The average molecular weight is 259 g/mol. The molecule has 0 fully saturated rings. The second kappa shape index (κ2) is 4.27. The topological polar surface area (TPSA) is 63.3 Å². The van der Waals surface area contributed by atoms with Crippen LogP contribution in [0.5, 0.6) is 0 Å². The van der Waals surface area contributed by atoms with Gasteiger partial charge in [0, 0.05) is 10.8 Å². The number of fused-ring (bicyclic) bond motifs is 1. The van der Waals surface area contributed by atoms with Gasteiger partial charge in [-0.25, -0.2) is 4.98 Å². The van der Waals surface area contributed by atoms with Gasteiger partial charge in [0.2, 0.25) is 0 Å². The third-order valence-electron chi connectivity index (χ3n) is 2.60. The highest BCUT2D eigenvalue weighted by Gasteiger charge is 2.12. The van der Waals surface area contributed by atoms with Gasteiger partial charge < -0.3 is 9.52 Å². The number of carbonyl (C=O) groups is 1. The largest absolute Gasteiger partial charge is 0.481 e. The van der Waals surface area contributed by atoms with E-state index < -0.39 is 5.97 Å². The van der Waals surface area contributed by atoms with Gasteiger partial charge in [-0.2, -0.15) is 0 Å². The highest BCUT2D eigenvalue weighted by molar-refractivity contribution is 7.13. The number of rotatable bonds is 3. The van der Waals surface area contributed by atoms with Crippen molar-refractivity contribution >= 4 is 28.3 Å². The fourth-order valence-electron chi connectivity index (χ4n) is 1.81. The number of thiazole rings is 1. The van der Waals surface area contributed by atoms with E-state index in [9.17, 15) is 4.79 Å². The van der Waals surface area contributed by atoms with E-state index >= 15 is 0 Å². The number of nitrogens with zero attached hydrogens (tertiary/aromatic N) is 1. The highest BCUT2D eigenvalue weighted by atomic mass is 32.1. The molecule has 0 saturated carbocycles. The summed E-state index contributed by atoms with van der Waals surface area (Å²) in [4.78, 5) is 14.9. The van der Waals surface area contributed by atoms with Gasteiger partial charge in [0.1, 0.15) is 16.9 Å². The van der Waals surface area contributed by atoms with Crippen molar-refractivity contribution in [2.24, 2.45) is 0 Å². The van der Waals surface area contributed by atoms with Crippen molar-refractivity contribution in [3.63, 3.8) is 0 Å². The highest BCUT2D eigenvalue weighted by Crippen LogP contribution is 2.32. The maximum absolute atomic E-state index is 10.6. The summed E-state index contributed by atoms with van der Waals surface area (Å²) in [5.74, 6) is -0.871. The van der Waals surface area contributed by atoms with Crippen molar-refractivity contribution in [2.45, 2.75) is 6.42 Å². The zero-order valence-electron chi connectivity index (χ0n) is 9.29. The predicted molar refractivity (Wildman–Crippen MR) is 68.7 cm³/mol. The first-order valence-electron chi connectivity index (χ1n) is 5.37. The summed E-state index contributed by atoms with van der Waals surface area (Å²) in [5.41, 5.74) is 2.29. The quantitative estimate of drug-likeness (QED) is 0.784. The van der Waals surface area contributed by atoms with Crippen LogP contribution in [0.2, 0.25) is 0 Å². The molecule has 0 aliphatic rings. The van der Waals surface area contributed by atoms with Crippen molar-refractivity contribution in [3.05, 3.63) is 41.6 Å². The Morgan fingerprint density at radius 1 is 1.39 bits per heavy atom. The van der Waals surface area contributed by atoms with Crippen LogP contribution in [0.25, 0.3) is 21.5 Å². The van der Waals surface area contributed by atoms with Crippen LogP contribution in [0.15, 0.2) is 40.3 Å². The summed E-state index contributed by atoms with van der Waals surface area (Å²) in [5, 5.41) is 12.3. The SMILES string of the molecule is O=C(O)Cc1csc(-c2coc3ccccc23)n1. The van der Waals surface area contributed by atoms with Crippen LogP contribution in [0.3, 0.4) is 0 Å². The van der Waals surface area contributed by atoms with Gasteiger partial charge in [0.05, 0.1) is 17.7 Å². The lowest BCUT2D eigenvalue weighted by Crippen LogP contribution is -1.99. The molecule has 90 valence electrons. The first-order valence-corrected chi connectivity index (χ1v) is 6.25. The van der Waals surface area contributed by atoms with Crippen molar-refractivity contribution in [3.8, 4) is 10.6 Å². The Balaban J connectivity index is 2.04. The summed E-state index contributed by atoms with van der Waals surface area (Å²) in [6, 6.07) is 7.71. The second-order valence-electron chi connectivity index (χ2n) is 3.86. The molecular weight excluding hydrogens is 250 g/mol. The zero-order valence-corrected chi connectivity index (χ0v) is 10.1. The molecule has 3 rings (SSSR count). The number of para-hydroxylation sites is 1. The number of carboxylic acid groups (broad SMARTS) is 1. The fraction of sp³-hybridized carbons (Fsp3) is 0.0769. The second-order valence-corrected chi connectivity index (χ2v) is 4.72. The Kier molecular flexibility index (Phi) is 2.60. The summed E-state index contributed by atoms with van der Waals surface area (Å²) in [7, 11) is 0. The minimum absolute atomic E-state index is 0.0493. The molecule has 1 N–H and O–H groups in total. The van der Waals surface area contributed by atoms with E-state index in [1.807, 2.05) is 24.3 Å². The van der Waals surface area contributed by atoms with E-state index in [1.165, 1.54) is 11.3 Å². The standard InChI is InChI=1S/C13H9NO3S/c15-12(16)5-8-7-18-13(14-8)10-6-17-11-4-2-1-3-9(10)11/h1-4,6-7H,5H2,(H,15,16). The summed E-state index contributed by atoms with van der Waals surface area (Å²) in [6.07, 6.45) is 1.61. The molecule has 4 nitrogen and oxygen atoms in total. The molecule has 1 aromatic carbocycles. The smallest absolute Gasteiger partial charge is 0.309 e. The number of aliphatic carboxylic acids is 1. The summed E-state index contributed by atoms with van der Waals surface area (Å²) >= 11 is 1.43. The molecule has 0 aliphatic carbocycles.